The molecule has 2 aromatic rings. The number of nitrogens with zero attached hydrogens (tertiary/aromatic N) is 1. The second kappa shape index (κ2) is 9.68. The molecule has 1 heterocycles. The van der Waals surface area contributed by atoms with Crippen molar-refractivity contribution in [3.8, 4) is 5.75 Å². The first-order valence-corrected chi connectivity index (χ1v) is 13.2. The molecule has 0 aromatic heterocycles. The molecule has 7 heteroatoms. The zero-order valence-corrected chi connectivity index (χ0v) is 21.8. The van der Waals surface area contributed by atoms with E-state index in [9.17, 15) is 9.90 Å². The van der Waals surface area contributed by atoms with Crippen molar-refractivity contribution in [2.75, 3.05) is 5.32 Å². The zero-order chi connectivity index (χ0) is 21.3. The lowest BCUT2D eigenvalue weighted by Crippen LogP contribution is -2.48. The van der Waals surface area contributed by atoms with Crippen molar-refractivity contribution in [2.45, 2.75) is 44.1 Å². The van der Waals surface area contributed by atoms with Crippen LogP contribution in [0.1, 0.15) is 38.2 Å². The van der Waals surface area contributed by atoms with Gasteiger partial charge in [-0.15, -0.1) is 0 Å². The van der Waals surface area contributed by atoms with Crippen LogP contribution in [0.25, 0.3) is 6.08 Å². The normalized spacial score (nSPS) is 25.7. The maximum absolute atomic E-state index is 13.5. The molecule has 2 N–H and O–H groups in total. The second-order valence-electron chi connectivity index (χ2n) is 7.86. The Morgan fingerprint density at radius 1 is 1.13 bits per heavy atom. The van der Waals surface area contributed by atoms with Crippen molar-refractivity contribution in [3.05, 3.63) is 60.1 Å². The number of thioether (sulfide) groups is 1. The Labute approximate surface area is 209 Å². The fourth-order valence-corrected chi connectivity index (χ4v) is 7.22. The number of amides is 1. The number of phenolic OH excluding ortho intramolecular Hbond substituents is 1. The Morgan fingerprint density at radius 3 is 2.47 bits per heavy atom. The van der Waals surface area contributed by atoms with Crippen LogP contribution in [-0.2, 0) is 4.79 Å². The monoisotopic (exact) mass is 646 g/mol. The van der Waals surface area contributed by atoms with E-state index in [-0.39, 0.29) is 17.4 Å². The minimum Gasteiger partial charge on any atom is -0.506 e. The van der Waals surface area contributed by atoms with Crippen molar-refractivity contribution in [1.29, 1.82) is 0 Å². The van der Waals surface area contributed by atoms with Crippen LogP contribution in [0.15, 0.2) is 47.4 Å². The quantitative estimate of drug-likeness (QED) is 0.295. The molecule has 2 aliphatic rings. The van der Waals surface area contributed by atoms with Crippen molar-refractivity contribution >= 4 is 74.6 Å². The smallest absolute Gasteiger partial charge is 0.262 e. The molecule has 0 bridgehead atoms. The summed E-state index contributed by atoms with van der Waals surface area (Å²) in [7, 11) is 0. The van der Waals surface area contributed by atoms with Crippen LogP contribution in [0.3, 0.4) is 0 Å². The maximum Gasteiger partial charge on any atom is 0.262 e. The number of carbonyl (C=O) groups is 1. The molecule has 0 radical (unpaired) electrons. The van der Waals surface area contributed by atoms with Crippen LogP contribution in [0.4, 0.5) is 5.69 Å². The molecule has 30 heavy (non-hydrogen) atoms. The predicted octanol–water partition coefficient (Wildman–Crippen LogP) is 6.49. The Kier molecular flexibility index (Phi) is 7.19. The lowest BCUT2D eigenvalue weighted by atomic mass is 9.85. The first-order valence-electron chi connectivity index (χ1n) is 10.1. The van der Waals surface area contributed by atoms with Gasteiger partial charge < -0.3 is 15.3 Å². The van der Waals surface area contributed by atoms with Gasteiger partial charge in [0.1, 0.15) is 5.75 Å². The summed E-state index contributed by atoms with van der Waals surface area (Å²) in [4.78, 5) is 16.4. The first-order chi connectivity index (χ1) is 14.4. The third kappa shape index (κ3) is 4.77. The van der Waals surface area contributed by atoms with Crippen molar-refractivity contribution in [2.24, 2.45) is 5.92 Å². The summed E-state index contributed by atoms with van der Waals surface area (Å²) in [6, 6.07) is 14.2. The summed E-state index contributed by atoms with van der Waals surface area (Å²) in [5.74, 6) is 0.897. The number of para-hydroxylation sites is 1. The molecule has 2 fully saturated rings. The van der Waals surface area contributed by atoms with Crippen molar-refractivity contribution < 1.29 is 9.90 Å². The molecule has 0 spiro atoms. The van der Waals surface area contributed by atoms with Crippen molar-refractivity contribution in [1.82, 2.24) is 4.90 Å². The largest absolute Gasteiger partial charge is 0.506 e. The average Bonchev–Trinajstić information content (AvgIpc) is 3.02. The molecule has 158 valence electrons. The van der Waals surface area contributed by atoms with E-state index >= 15 is 0 Å². The number of phenols is 1. The molecular weight excluding hydrogens is 622 g/mol. The molecule has 2 aromatic carbocycles. The van der Waals surface area contributed by atoms with Crippen LogP contribution in [0, 0.1) is 13.1 Å². The van der Waals surface area contributed by atoms with Gasteiger partial charge in [-0.25, -0.2) is 0 Å². The van der Waals surface area contributed by atoms with Gasteiger partial charge >= 0.3 is 0 Å². The maximum atomic E-state index is 13.5. The summed E-state index contributed by atoms with van der Waals surface area (Å²) >= 11 is 5.85. The molecule has 4 nitrogen and oxygen atoms in total. The molecule has 1 aliphatic heterocycles. The fraction of sp³-hybridized carbons (Fsp3) is 0.348. The highest BCUT2D eigenvalue weighted by Gasteiger charge is 2.42. The highest BCUT2D eigenvalue weighted by Crippen LogP contribution is 2.42. The molecule has 1 unspecified atom stereocenters. The fourth-order valence-electron chi connectivity index (χ4n) is 4.19. The van der Waals surface area contributed by atoms with Crippen LogP contribution in [-0.4, -0.2) is 27.5 Å². The summed E-state index contributed by atoms with van der Waals surface area (Å²) in [5.41, 5.74) is 1.84. The van der Waals surface area contributed by atoms with E-state index in [1.54, 1.807) is 11.8 Å². The van der Waals surface area contributed by atoms with E-state index in [0.717, 1.165) is 29.7 Å². The van der Waals surface area contributed by atoms with Gasteiger partial charge in [0.25, 0.3) is 5.91 Å². The molecule has 4 rings (SSSR count). The average molecular weight is 646 g/mol. The van der Waals surface area contributed by atoms with Gasteiger partial charge in [0.2, 0.25) is 0 Å². The summed E-state index contributed by atoms with van der Waals surface area (Å²) in [6.07, 6.45) is 6.61. The van der Waals surface area contributed by atoms with Crippen LogP contribution in [0.5, 0.6) is 5.75 Å². The number of aromatic hydroxyl groups is 1. The molecule has 3 atom stereocenters. The number of rotatable bonds is 4. The SMILES string of the molecule is C[C@@H]1CCCC[C@@H]1N1C(=O)/C(=C/c2cc(I)c(O)c(I)c2)SC1Nc1ccccc1. The van der Waals surface area contributed by atoms with Crippen molar-refractivity contribution in [3.63, 3.8) is 0 Å². The lowest BCUT2D eigenvalue weighted by molar-refractivity contribution is -0.129. The van der Waals surface area contributed by atoms with Gasteiger partial charge in [0, 0.05) is 11.7 Å². The highest BCUT2D eigenvalue weighted by molar-refractivity contribution is 14.1. The number of carbonyl (C=O) groups excluding carboxylic acids is 1. The van der Waals surface area contributed by atoms with Gasteiger partial charge in [-0.2, -0.15) is 0 Å². The predicted molar refractivity (Wildman–Crippen MR) is 141 cm³/mol. The van der Waals surface area contributed by atoms with Gasteiger partial charge in [-0.1, -0.05) is 49.7 Å². The van der Waals surface area contributed by atoms with Gasteiger partial charge in [0.15, 0.2) is 5.50 Å². The number of anilines is 1. The molecule has 1 saturated heterocycles. The molecule has 1 aliphatic carbocycles. The molecule has 1 saturated carbocycles. The number of nitrogens with one attached hydrogen (secondary N) is 1. The summed E-state index contributed by atoms with van der Waals surface area (Å²) < 4.78 is 1.58. The molecular formula is C23H24I2N2O2S. The van der Waals surface area contributed by atoms with Crippen LogP contribution >= 0.6 is 56.9 Å². The lowest BCUT2D eigenvalue weighted by Gasteiger charge is -2.39. The van der Waals surface area contributed by atoms with E-state index < -0.39 is 0 Å². The summed E-state index contributed by atoms with van der Waals surface area (Å²) in [5, 5.41) is 13.6. The minimum absolute atomic E-state index is 0.102. The van der Waals surface area contributed by atoms with E-state index in [1.165, 1.54) is 19.3 Å². The Morgan fingerprint density at radius 2 is 1.80 bits per heavy atom. The van der Waals surface area contributed by atoms with Gasteiger partial charge in [-0.3, -0.25) is 4.79 Å². The zero-order valence-electron chi connectivity index (χ0n) is 16.6. The third-order valence-electron chi connectivity index (χ3n) is 5.76. The Hall–Kier alpha value is -0.940. The van der Waals surface area contributed by atoms with Crippen LogP contribution in [0.2, 0.25) is 0 Å². The van der Waals surface area contributed by atoms with E-state index in [2.05, 4.69) is 62.3 Å². The van der Waals surface area contributed by atoms with E-state index in [4.69, 9.17) is 0 Å². The van der Waals surface area contributed by atoms with E-state index in [0.29, 0.717) is 11.7 Å². The molecule has 1 amide bonds. The third-order valence-corrected chi connectivity index (χ3v) is 8.52. The second-order valence-corrected chi connectivity index (χ2v) is 11.3. The highest BCUT2D eigenvalue weighted by atomic mass is 127. The number of hydrogen-bond donors (Lipinski definition) is 2. The standard InChI is InChI=1S/C23H24I2N2O2S/c1-14-7-5-6-10-19(14)27-22(29)20(13-15-11-17(24)21(28)18(25)12-15)30-23(27)26-16-8-3-2-4-9-16/h2-4,8-9,11-14,19,23,26,28H,5-7,10H2,1H3/b20-13-/t14-,19+,23?/m1/s1. The number of halogens is 2. The number of hydrogen-bond acceptors (Lipinski definition) is 4. The van der Waals surface area contributed by atoms with Gasteiger partial charge in [-0.05, 0) is 99.8 Å². The topological polar surface area (TPSA) is 52.6 Å². The van der Waals surface area contributed by atoms with Crippen LogP contribution < -0.4 is 5.32 Å². The Balaban J connectivity index is 1.67. The first kappa shape index (κ1) is 22.3. The minimum atomic E-state index is -0.119. The van der Waals surface area contributed by atoms with Gasteiger partial charge in [0.05, 0.1) is 12.0 Å². The Bertz CT molecular complexity index is 944. The summed E-state index contributed by atoms with van der Waals surface area (Å²) in [6.45, 7) is 2.27. The number of benzene rings is 2. The van der Waals surface area contributed by atoms with E-state index in [1.807, 2.05) is 48.5 Å².